The Balaban J connectivity index is 2.68. The van der Waals surface area contributed by atoms with Crippen LogP contribution in [0.1, 0.15) is 32.8 Å². The van der Waals surface area contributed by atoms with E-state index in [1.807, 2.05) is 30.3 Å². The normalized spacial score (nSPS) is 12.4. The molecule has 116 valence electrons. The molecule has 1 aromatic rings. The third kappa shape index (κ3) is 7.34. The number of carbonyl (C=O) groups is 2. The third-order valence-corrected chi connectivity index (χ3v) is 2.69. The number of ether oxygens (including phenoxy) is 2. The summed E-state index contributed by atoms with van der Waals surface area (Å²) in [6, 6.07) is 9.27. The van der Waals surface area contributed by atoms with Gasteiger partial charge in [-0.15, -0.1) is 0 Å². The number of hydrogen-bond acceptors (Lipinski definition) is 4. The minimum atomic E-state index is -0.577. The molecule has 0 spiro atoms. The van der Waals surface area contributed by atoms with E-state index in [1.54, 1.807) is 20.8 Å². The fourth-order valence-corrected chi connectivity index (χ4v) is 1.83. The smallest absolute Gasteiger partial charge is 0.407 e. The van der Waals surface area contributed by atoms with E-state index >= 15 is 0 Å². The van der Waals surface area contributed by atoms with E-state index in [1.165, 1.54) is 7.11 Å². The Bertz CT molecular complexity index is 465. The van der Waals surface area contributed by atoms with Gasteiger partial charge in [-0.2, -0.15) is 0 Å². The van der Waals surface area contributed by atoms with Crippen LogP contribution in [0, 0.1) is 0 Å². The van der Waals surface area contributed by atoms with Crippen LogP contribution in [-0.4, -0.2) is 30.8 Å². The maximum absolute atomic E-state index is 11.8. The molecular formula is C16H23NO4. The molecule has 0 heterocycles. The Morgan fingerprint density at radius 1 is 1.19 bits per heavy atom. The van der Waals surface area contributed by atoms with Crippen LogP contribution in [0.2, 0.25) is 0 Å². The Hall–Kier alpha value is -2.04. The highest BCUT2D eigenvalue weighted by atomic mass is 16.6. The van der Waals surface area contributed by atoms with Crippen molar-refractivity contribution in [2.75, 3.05) is 7.11 Å². The van der Waals surface area contributed by atoms with Gasteiger partial charge in [0.05, 0.1) is 13.5 Å². The van der Waals surface area contributed by atoms with Crippen LogP contribution in [0.15, 0.2) is 30.3 Å². The highest BCUT2D eigenvalue weighted by molar-refractivity contribution is 5.72. The van der Waals surface area contributed by atoms with Crippen molar-refractivity contribution in [3.63, 3.8) is 0 Å². The number of carbonyl (C=O) groups excluding carboxylic acids is 2. The lowest BCUT2D eigenvalue weighted by atomic mass is 10.0. The van der Waals surface area contributed by atoms with Crippen LogP contribution < -0.4 is 5.32 Å². The second-order valence-corrected chi connectivity index (χ2v) is 5.81. The van der Waals surface area contributed by atoms with Gasteiger partial charge in [0.1, 0.15) is 5.60 Å². The molecule has 0 saturated carbocycles. The minimum Gasteiger partial charge on any atom is -0.469 e. The van der Waals surface area contributed by atoms with Gasteiger partial charge >= 0.3 is 12.1 Å². The van der Waals surface area contributed by atoms with E-state index in [-0.39, 0.29) is 18.4 Å². The van der Waals surface area contributed by atoms with E-state index in [9.17, 15) is 9.59 Å². The maximum atomic E-state index is 11.8. The minimum absolute atomic E-state index is 0.102. The predicted molar refractivity (Wildman–Crippen MR) is 79.9 cm³/mol. The summed E-state index contributed by atoms with van der Waals surface area (Å²) < 4.78 is 9.89. The van der Waals surface area contributed by atoms with Gasteiger partial charge in [-0.1, -0.05) is 30.3 Å². The molecule has 0 aromatic heterocycles. The molecule has 0 aliphatic rings. The van der Waals surface area contributed by atoms with Gasteiger partial charge < -0.3 is 14.8 Å². The van der Waals surface area contributed by atoms with Gasteiger partial charge in [-0.3, -0.25) is 4.79 Å². The largest absolute Gasteiger partial charge is 0.469 e. The van der Waals surface area contributed by atoms with E-state index in [0.29, 0.717) is 6.42 Å². The number of esters is 1. The van der Waals surface area contributed by atoms with Gasteiger partial charge in [0.25, 0.3) is 0 Å². The fraction of sp³-hybridized carbons (Fsp3) is 0.500. The molecule has 1 unspecified atom stereocenters. The number of rotatable bonds is 5. The van der Waals surface area contributed by atoms with Crippen LogP contribution in [0.5, 0.6) is 0 Å². The summed E-state index contributed by atoms with van der Waals surface area (Å²) >= 11 is 0. The highest BCUT2D eigenvalue weighted by Gasteiger charge is 2.21. The van der Waals surface area contributed by atoms with Crippen LogP contribution in [-0.2, 0) is 20.7 Å². The number of amides is 1. The molecule has 0 fully saturated rings. The quantitative estimate of drug-likeness (QED) is 0.848. The topological polar surface area (TPSA) is 64.6 Å². The maximum Gasteiger partial charge on any atom is 0.407 e. The van der Waals surface area contributed by atoms with E-state index in [2.05, 4.69) is 10.1 Å². The molecular weight excluding hydrogens is 270 g/mol. The van der Waals surface area contributed by atoms with Gasteiger partial charge in [-0.25, -0.2) is 4.79 Å². The Morgan fingerprint density at radius 3 is 2.33 bits per heavy atom. The lowest BCUT2D eigenvalue weighted by Crippen LogP contribution is -2.41. The number of alkyl carbamates (subject to hydrolysis) is 1. The summed E-state index contributed by atoms with van der Waals surface area (Å²) in [7, 11) is 1.33. The van der Waals surface area contributed by atoms with Crippen molar-refractivity contribution < 1.29 is 19.1 Å². The Labute approximate surface area is 125 Å². The number of methoxy groups -OCH3 is 1. The van der Waals surface area contributed by atoms with E-state index in [4.69, 9.17) is 4.74 Å². The molecule has 1 amide bonds. The molecule has 5 nitrogen and oxygen atoms in total. The van der Waals surface area contributed by atoms with Crippen molar-refractivity contribution in [1.82, 2.24) is 5.32 Å². The number of hydrogen-bond donors (Lipinski definition) is 1. The van der Waals surface area contributed by atoms with Crippen molar-refractivity contribution in [1.29, 1.82) is 0 Å². The summed E-state index contributed by atoms with van der Waals surface area (Å²) in [6.07, 6.45) is 0.104. The Morgan fingerprint density at radius 2 is 1.81 bits per heavy atom. The lowest BCUT2D eigenvalue weighted by Gasteiger charge is -2.23. The van der Waals surface area contributed by atoms with Crippen LogP contribution >= 0.6 is 0 Å². The number of nitrogens with one attached hydrogen (secondary N) is 1. The van der Waals surface area contributed by atoms with Crippen LogP contribution in [0.3, 0.4) is 0 Å². The molecule has 0 aliphatic heterocycles. The summed E-state index contributed by atoms with van der Waals surface area (Å²) in [5.74, 6) is -0.369. The molecule has 1 rings (SSSR count). The lowest BCUT2D eigenvalue weighted by molar-refractivity contribution is -0.141. The van der Waals surface area contributed by atoms with Gasteiger partial charge in [-0.05, 0) is 32.8 Å². The summed E-state index contributed by atoms with van der Waals surface area (Å²) in [6.45, 7) is 5.37. The average Bonchev–Trinajstić information content (AvgIpc) is 2.37. The van der Waals surface area contributed by atoms with Crippen molar-refractivity contribution in [3.8, 4) is 0 Å². The first-order chi connectivity index (χ1) is 9.80. The first-order valence-electron chi connectivity index (χ1n) is 6.90. The molecule has 1 atom stereocenters. The molecule has 5 heteroatoms. The third-order valence-electron chi connectivity index (χ3n) is 2.69. The Kier molecular flexibility index (Phi) is 6.21. The van der Waals surface area contributed by atoms with Crippen molar-refractivity contribution in [2.45, 2.75) is 45.3 Å². The zero-order chi connectivity index (χ0) is 15.9. The molecule has 1 aromatic carbocycles. The molecule has 0 saturated heterocycles. The number of benzene rings is 1. The molecule has 1 N–H and O–H groups in total. The van der Waals surface area contributed by atoms with Crippen LogP contribution in [0.25, 0.3) is 0 Å². The summed E-state index contributed by atoms with van der Waals surface area (Å²) in [5.41, 5.74) is 0.453. The van der Waals surface area contributed by atoms with E-state index in [0.717, 1.165) is 5.56 Å². The fourth-order valence-electron chi connectivity index (χ4n) is 1.83. The molecule has 21 heavy (non-hydrogen) atoms. The SMILES string of the molecule is COC(=O)CC(Cc1ccccc1)NC(=O)OC(C)(C)C. The van der Waals surface area contributed by atoms with Crippen molar-refractivity contribution in [2.24, 2.45) is 0 Å². The zero-order valence-corrected chi connectivity index (χ0v) is 13.0. The first-order valence-corrected chi connectivity index (χ1v) is 6.90. The van der Waals surface area contributed by atoms with Gasteiger partial charge in [0, 0.05) is 6.04 Å². The van der Waals surface area contributed by atoms with Crippen molar-refractivity contribution in [3.05, 3.63) is 35.9 Å². The molecule has 0 radical (unpaired) electrons. The second kappa shape index (κ2) is 7.67. The molecule has 0 bridgehead atoms. The van der Waals surface area contributed by atoms with Gasteiger partial charge in [0.2, 0.25) is 0 Å². The predicted octanol–water partition coefficient (Wildman–Crippen LogP) is 2.69. The van der Waals surface area contributed by atoms with Gasteiger partial charge in [0.15, 0.2) is 0 Å². The highest BCUT2D eigenvalue weighted by Crippen LogP contribution is 2.10. The van der Waals surface area contributed by atoms with Crippen LogP contribution in [0.4, 0.5) is 4.79 Å². The van der Waals surface area contributed by atoms with E-state index < -0.39 is 11.7 Å². The molecule has 0 aliphatic carbocycles. The zero-order valence-electron chi connectivity index (χ0n) is 13.0. The first kappa shape index (κ1) is 17.0. The monoisotopic (exact) mass is 293 g/mol. The standard InChI is InChI=1S/C16H23NO4/c1-16(2,3)21-15(19)17-13(11-14(18)20-4)10-12-8-6-5-7-9-12/h5-9,13H,10-11H2,1-4H3,(H,17,19). The average molecular weight is 293 g/mol. The van der Waals surface area contributed by atoms with Crippen molar-refractivity contribution >= 4 is 12.1 Å². The summed E-state index contributed by atoms with van der Waals surface area (Å²) in [4.78, 5) is 23.3. The summed E-state index contributed by atoms with van der Waals surface area (Å²) in [5, 5.41) is 2.73. The second-order valence-electron chi connectivity index (χ2n) is 5.81.